The van der Waals surface area contributed by atoms with Gasteiger partial charge in [0.2, 0.25) is 11.8 Å². The molecule has 4 aromatic carbocycles. The number of ether oxygens (including phenoxy) is 2. The fraction of sp³-hybridized carbons (Fsp3) is 0.216. The van der Waals surface area contributed by atoms with E-state index >= 15 is 0 Å². The average Bonchev–Trinajstić information content (AvgIpc) is 3.54. The molecular formula is C37H35N3O5S. The van der Waals surface area contributed by atoms with Crippen molar-refractivity contribution in [3.63, 3.8) is 0 Å². The minimum atomic E-state index is -0.560. The summed E-state index contributed by atoms with van der Waals surface area (Å²) in [5.74, 6) is -1.19. The number of hydrogen-bond donors (Lipinski definition) is 1. The van der Waals surface area contributed by atoms with Crippen molar-refractivity contribution in [1.82, 2.24) is 9.80 Å². The van der Waals surface area contributed by atoms with Crippen molar-refractivity contribution in [3.05, 3.63) is 126 Å². The van der Waals surface area contributed by atoms with Crippen LogP contribution in [0, 0.1) is 0 Å². The maximum absolute atomic E-state index is 13.0. The van der Waals surface area contributed by atoms with E-state index in [9.17, 15) is 14.4 Å². The highest BCUT2D eigenvalue weighted by Crippen LogP contribution is 2.35. The largest absolute Gasteiger partial charge is 0.465 e. The molecule has 2 amide bonds. The Labute approximate surface area is 272 Å². The topological polar surface area (TPSA) is 88.2 Å². The van der Waals surface area contributed by atoms with Gasteiger partial charge in [-0.2, -0.15) is 0 Å². The molecule has 8 nitrogen and oxygen atoms in total. The lowest BCUT2D eigenvalue weighted by atomic mass is 9.96. The van der Waals surface area contributed by atoms with Crippen LogP contribution in [0.3, 0.4) is 0 Å². The van der Waals surface area contributed by atoms with Crippen LogP contribution < -0.4 is 5.32 Å². The maximum Gasteiger partial charge on any atom is 0.339 e. The minimum absolute atomic E-state index is 0.105. The van der Waals surface area contributed by atoms with E-state index in [0.29, 0.717) is 31.9 Å². The van der Waals surface area contributed by atoms with Crippen molar-refractivity contribution in [1.29, 1.82) is 0 Å². The van der Waals surface area contributed by atoms with Crippen LogP contribution in [0.5, 0.6) is 0 Å². The number of esters is 1. The van der Waals surface area contributed by atoms with Gasteiger partial charge in [-0.05, 0) is 46.3 Å². The van der Waals surface area contributed by atoms with Crippen LogP contribution in [-0.2, 0) is 19.1 Å². The predicted molar refractivity (Wildman–Crippen MR) is 181 cm³/mol. The number of anilines is 1. The Bertz CT molecular complexity index is 1740. The van der Waals surface area contributed by atoms with Gasteiger partial charge < -0.3 is 19.7 Å². The molecule has 1 aliphatic rings. The van der Waals surface area contributed by atoms with Crippen LogP contribution in [0.4, 0.5) is 5.69 Å². The van der Waals surface area contributed by atoms with E-state index in [1.54, 1.807) is 28.4 Å². The highest BCUT2D eigenvalue weighted by Gasteiger charge is 2.28. The van der Waals surface area contributed by atoms with Gasteiger partial charge in [0.25, 0.3) is 0 Å². The average molecular weight is 634 g/mol. The van der Waals surface area contributed by atoms with Crippen molar-refractivity contribution in [2.24, 2.45) is 0 Å². The molecule has 1 fully saturated rings. The minimum Gasteiger partial charge on any atom is -0.465 e. The van der Waals surface area contributed by atoms with Gasteiger partial charge in [0.15, 0.2) is 0 Å². The van der Waals surface area contributed by atoms with Gasteiger partial charge in [0.05, 0.1) is 24.4 Å². The summed E-state index contributed by atoms with van der Waals surface area (Å²) < 4.78 is 11.7. The number of piperazine rings is 1. The lowest BCUT2D eigenvalue weighted by molar-refractivity contribution is -0.139. The molecule has 0 unspecified atom stereocenters. The molecule has 0 atom stereocenters. The van der Waals surface area contributed by atoms with Gasteiger partial charge in [-0.3, -0.25) is 14.5 Å². The summed E-state index contributed by atoms with van der Waals surface area (Å²) in [5, 5.41) is 3.86. The Morgan fingerprint density at radius 2 is 1.43 bits per heavy atom. The number of carbonyl (C=O) groups is 3. The molecule has 46 heavy (non-hydrogen) atoms. The second kappa shape index (κ2) is 14.5. The SMILES string of the molecule is COC(=O)c1cc(-c2cc3ccccc3s2)ccc1NC(=O)COCC(=O)N1CCN(C(c2ccccc2)c2ccccc2)CC1. The molecule has 1 saturated heterocycles. The van der Waals surface area contributed by atoms with Crippen LogP contribution in [0.15, 0.2) is 109 Å². The van der Waals surface area contributed by atoms with E-state index in [1.165, 1.54) is 18.2 Å². The van der Waals surface area contributed by atoms with Crippen LogP contribution in [-0.4, -0.2) is 74.1 Å². The fourth-order valence-electron chi connectivity index (χ4n) is 5.83. The van der Waals surface area contributed by atoms with Gasteiger partial charge >= 0.3 is 5.97 Å². The number of rotatable bonds is 10. The molecule has 9 heteroatoms. The zero-order chi connectivity index (χ0) is 31.9. The summed E-state index contributed by atoms with van der Waals surface area (Å²) in [4.78, 5) is 43.5. The van der Waals surface area contributed by atoms with Crippen molar-refractivity contribution < 1.29 is 23.9 Å². The summed E-state index contributed by atoms with van der Waals surface area (Å²) in [6.07, 6.45) is 0. The van der Waals surface area contributed by atoms with E-state index < -0.39 is 11.9 Å². The molecule has 2 heterocycles. The van der Waals surface area contributed by atoms with E-state index in [-0.39, 0.29) is 30.7 Å². The molecule has 0 radical (unpaired) electrons. The molecule has 1 aliphatic heterocycles. The number of methoxy groups -OCH3 is 1. The standard InChI is InChI=1S/C37H35N3O5S/c1-44-37(43)30-22-29(33-23-28-14-8-9-15-32(28)46-33)16-17-31(30)38-34(41)24-45-25-35(42)39-18-20-40(21-19-39)36(26-10-4-2-5-11-26)27-12-6-3-7-13-27/h2-17,22-23,36H,18-21,24-25H2,1H3,(H,38,41). The number of hydrogen-bond acceptors (Lipinski definition) is 7. The first-order chi connectivity index (χ1) is 22.5. The Hall–Kier alpha value is -4.83. The first-order valence-corrected chi connectivity index (χ1v) is 16.0. The molecule has 6 rings (SSSR count). The lowest BCUT2D eigenvalue weighted by Crippen LogP contribution is -2.50. The summed E-state index contributed by atoms with van der Waals surface area (Å²) >= 11 is 1.62. The van der Waals surface area contributed by atoms with Gasteiger partial charge in [0, 0.05) is 35.8 Å². The Balaban J connectivity index is 1.02. The molecule has 0 spiro atoms. The maximum atomic E-state index is 13.0. The molecule has 0 aliphatic carbocycles. The summed E-state index contributed by atoms with van der Waals surface area (Å²) in [6, 6.07) is 36.3. The third kappa shape index (κ3) is 7.18. The van der Waals surface area contributed by atoms with Gasteiger partial charge in [0.1, 0.15) is 13.2 Å². The number of thiophene rings is 1. The number of benzene rings is 4. The number of amides is 2. The zero-order valence-electron chi connectivity index (χ0n) is 25.6. The molecule has 1 aromatic heterocycles. The van der Waals surface area contributed by atoms with E-state index in [0.717, 1.165) is 20.5 Å². The van der Waals surface area contributed by atoms with Gasteiger partial charge in [-0.25, -0.2) is 4.79 Å². The normalized spacial score (nSPS) is 13.6. The zero-order valence-corrected chi connectivity index (χ0v) is 26.4. The quantitative estimate of drug-likeness (QED) is 0.183. The van der Waals surface area contributed by atoms with Crippen LogP contribution in [0.1, 0.15) is 27.5 Å². The number of nitrogens with one attached hydrogen (secondary N) is 1. The van der Waals surface area contributed by atoms with Crippen molar-refractivity contribution >= 4 is 44.9 Å². The summed E-state index contributed by atoms with van der Waals surface area (Å²) in [7, 11) is 1.30. The van der Waals surface area contributed by atoms with E-state index in [2.05, 4.69) is 70.9 Å². The molecule has 5 aromatic rings. The molecule has 1 N–H and O–H groups in total. The summed E-state index contributed by atoms with van der Waals surface area (Å²) in [5.41, 5.74) is 3.84. The highest BCUT2D eigenvalue weighted by molar-refractivity contribution is 7.22. The Morgan fingerprint density at radius 3 is 2.09 bits per heavy atom. The molecular weight excluding hydrogens is 598 g/mol. The van der Waals surface area contributed by atoms with Crippen molar-refractivity contribution in [2.45, 2.75) is 6.04 Å². The Kier molecular flexibility index (Phi) is 9.83. The van der Waals surface area contributed by atoms with Crippen LogP contribution >= 0.6 is 11.3 Å². The molecule has 0 saturated carbocycles. The molecule has 0 bridgehead atoms. The first-order valence-electron chi connectivity index (χ1n) is 15.2. The predicted octanol–water partition coefficient (Wildman–Crippen LogP) is 6.24. The molecule has 234 valence electrons. The van der Waals surface area contributed by atoms with Crippen molar-refractivity contribution in [2.75, 3.05) is 51.8 Å². The smallest absolute Gasteiger partial charge is 0.339 e. The Morgan fingerprint density at radius 1 is 0.783 bits per heavy atom. The van der Waals surface area contributed by atoms with Gasteiger partial charge in [-0.15, -0.1) is 11.3 Å². The first kappa shape index (κ1) is 31.2. The van der Waals surface area contributed by atoms with Gasteiger partial charge in [-0.1, -0.05) is 84.9 Å². The van der Waals surface area contributed by atoms with E-state index in [1.807, 2.05) is 36.4 Å². The number of carbonyl (C=O) groups excluding carboxylic acids is 3. The third-order valence-corrected chi connectivity index (χ3v) is 9.30. The number of nitrogens with zero attached hydrogens (tertiary/aromatic N) is 2. The monoisotopic (exact) mass is 633 g/mol. The van der Waals surface area contributed by atoms with Crippen molar-refractivity contribution in [3.8, 4) is 10.4 Å². The second-order valence-electron chi connectivity index (χ2n) is 11.1. The highest BCUT2D eigenvalue weighted by atomic mass is 32.1. The van der Waals surface area contributed by atoms with Crippen LogP contribution in [0.2, 0.25) is 0 Å². The summed E-state index contributed by atoms with van der Waals surface area (Å²) in [6.45, 7) is 2.04. The third-order valence-electron chi connectivity index (χ3n) is 8.13. The fourth-order valence-corrected chi connectivity index (χ4v) is 6.89. The lowest BCUT2D eigenvalue weighted by Gasteiger charge is -2.39. The number of fused-ring (bicyclic) bond motifs is 1. The van der Waals surface area contributed by atoms with E-state index in [4.69, 9.17) is 9.47 Å². The second-order valence-corrected chi connectivity index (χ2v) is 12.2. The van der Waals surface area contributed by atoms with Crippen LogP contribution in [0.25, 0.3) is 20.5 Å².